The van der Waals surface area contributed by atoms with Gasteiger partial charge in [-0.1, -0.05) is 28.4 Å². The zero-order valence-electron chi connectivity index (χ0n) is 18.7. The Morgan fingerprint density at radius 3 is 1.21 bits per heavy atom. The molecule has 0 atom stereocenters. The molecule has 0 saturated carbocycles. The van der Waals surface area contributed by atoms with Gasteiger partial charge in [0.1, 0.15) is 11.5 Å². The normalized spacial score (nSPS) is 18.9. The summed E-state index contributed by atoms with van der Waals surface area (Å²) in [6, 6.07) is 8.05. The minimum Gasteiger partial charge on any atom is -0.492 e. The van der Waals surface area contributed by atoms with Crippen molar-refractivity contribution in [1.29, 1.82) is 0 Å². The summed E-state index contributed by atoms with van der Waals surface area (Å²) >= 11 is 0. The molecule has 2 aliphatic rings. The number of rotatable bonds is 6. The van der Waals surface area contributed by atoms with E-state index in [1.807, 2.05) is 24.3 Å². The molecule has 2 nitrogen and oxygen atoms in total. The Bertz CT molecular complexity index is 789. The third-order valence-electron chi connectivity index (χ3n) is 7.22. The highest BCUT2D eigenvalue weighted by Crippen LogP contribution is 2.38. The summed E-state index contributed by atoms with van der Waals surface area (Å²) in [5.74, 6) is 2.52. The average molecular weight is 379 g/mol. The van der Waals surface area contributed by atoms with Crippen molar-refractivity contribution in [2.75, 3.05) is 13.2 Å². The van der Waals surface area contributed by atoms with Crippen molar-refractivity contribution < 1.29 is 9.47 Å². The molecule has 0 spiro atoms. The fourth-order valence-corrected chi connectivity index (χ4v) is 4.39. The third-order valence-corrected chi connectivity index (χ3v) is 7.22. The lowest BCUT2D eigenvalue weighted by atomic mass is 9.98. The smallest absolute Gasteiger partial charge is 0.123 e. The maximum absolute atomic E-state index is 6.15. The SMILES string of the molecule is CC1=C(C)C(COc2cccc(OCC3C(C)=C(C)C(C)=C3C)c2)C(C)=C1C. The molecule has 0 radical (unpaired) electrons. The van der Waals surface area contributed by atoms with E-state index in [9.17, 15) is 0 Å². The van der Waals surface area contributed by atoms with Crippen molar-refractivity contribution in [2.24, 2.45) is 11.8 Å². The minimum absolute atomic E-state index is 0.384. The Hall–Kier alpha value is -2.22. The summed E-state index contributed by atoms with van der Waals surface area (Å²) in [4.78, 5) is 0. The quantitative estimate of drug-likeness (QED) is 0.528. The van der Waals surface area contributed by atoms with E-state index in [2.05, 4.69) is 55.4 Å². The highest BCUT2D eigenvalue weighted by Gasteiger charge is 2.26. The van der Waals surface area contributed by atoms with Crippen LogP contribution in [0.25, 0.3) is 0 Å². The zero-order chi connectivity index (χ0) is 20.6. The monoisotopic (exact) mass is 378 g/mol. The fourth-order valence-electron chi connectivity index (χ4n) is 4.39. The Morgan fingerprint density at radius 2 is 0.893 bits per heavy atom. The van der Waals surface area contributed by atoms with Crippen LogP contribution in [0.1, 0.15) is 55.4 Å². The van der Waals surface area contributed by atoms with Gasteiger partial charge in [0.05, 0.1) is 13.2 Å². The highest BCUT2D eigenvalue weighted by atomic mass is 16.5. The van der Waals surface area contributed by atoms with Gasteiger partial charge in [0.2, 0.25) is 0 Å². The molecule has 1 aromatic rings. The first kappa shape index (κ1) is 20.5. The van der Waals surface area contributed by atoms with Crippen molar-refractivity contribution >= 4 is 0 Å². The fraction of sp³-hybridized carbons (Fsp3) is 0.462. The number of hydrogen-bond donors (Lipinski definition) is 0. The van der Waals surface area contributed by atoms with Gasteiger partial charge >= 0.3 is 0 Å². The molecule has 0 unspecified atom stereocenters. The maximum atomic E-state index is 6.15. The third kappa shape index (κ3) is 3.70. The molecule has 0 fully saturated rings. The molecule has 0 saturated heterocycles. The van der Waals surface area contributed by atoms with Crippen molar-refractivity contribution in [1.82, 2.24) is 0 Å². The molecule has 2 heteroatoms. The lowest BCUT2D eigenvalue weighted by Crippen LogP contribution is -2.14. The predicted molar refractivity (Wildman–Crippen MR) is 118 cm³/mol. The van der Waals surface area contributed by atoms with Crippen LogP contribution >= 0.6 is 0 Å². The van der Waals surface area contributed by atoms with E-state index in [0.29, 0.717) is 25.0 Å². The van der Waals surface area contributed by atoms with Crippen LogP contribution in [0.5, 0.6) is 11.5 Å². The molecule has 3 rings (SSSR count). The van der Waals surface area contributed by atoms with Gasteiger partial charge in [-0.2, -0.15) is 0 Å². The zero-order valence-corrected chi connectivity index (χ0v) is 18.7. The standard InChI is InChI=1S/C26H34O2/c1-15-16(2)20(6)25(19(15)5)13-27-23-10-9-11-24(12-23)28-14-26-21(7)17(3)18(4)22(26)8/h9-12,25-26H,13-14H2,1-8H3. The molecule has 0 heterocycles. The first-order chi connectivity index (χ1) is 13.2. The van der Waals surface area contributed by atoms with Gasteiger partial charge in [0, 0.05) is 17.9 Å². The summed E-state index contributed by atoms with van der Waals surface area (Å²) in [5, 5.41) is 0. The van der Waals surface area contributed by atoms with E-state index in [1.54, 1.807) is 0 Å². The largest absolute Gasteiger partial charge is 0.492 e. The molecule has 150 valence electrons. The van der Waals surface area contributed by atoms with E-state index >= 15 is 0 Å². The van der Waals surface area contributed by atoms with Crippen LogP contribution < -0.4 is 9.47 Å². The lowest BCUT2D eigenvalue weighted by Gasteiger charge is -2.18. The second-order valence-corrected chi connectivity index (χ2v) is 8.43. The van der Waals surface area contributed by atoms with Gasteiger partial charge in [-0.05, 0) is 89.8 Å². The summed E-state index contributed by atoms with van der Waals surface area (Å²) in [7, 11) is 0. The molecular weight excluding hydrogens is 344 g/mol. The summed E-state index contributed by atoms with van der Waals surface area (Å²) < 4.78 is 12.3. The van der Waals surface area contributed by atoms with Crippen molar-refractivity contribution in [3.05, 3.63) is 68.9 Å². The molecule has 0 aliphatic heterocycles. The molecule has 0 N–H and O–H groups in total. The second kappa shape index (κ2) is 8.03. The lowest BCUT2D eigenvalue weighted by molar-refractivity contribution is 0.273. The first-order valence-electron chi connectivity index (χ1n) is 10.3. The molecule has 0 bridgehead atoms. The van der Waals surface area contributed by atoms with Crippen molar-refractivity contribution in [3.8, 4) is 11.5 Å². The summed E-state index contributed by atoms with van der Waals surface area (Å²) in [5.41, 5.74) is 11.4. The van der Waals surface area contributed by atoms with Crippen LogP contribution in [0, 0.1) is 11.8 Å². The van der Waals surface area contributed by atoms with E-state index in [0.717, 1.165) is 11.5 Å². The Morgan fingerprint density at radius 1 is 0.571 bits per heavy atom. The van der Waals surface area contributed by atoms with E-state index in [4.69, 9.17) is 9.47 Å². The van der Waals surface area contributed by atoms with Gasteiger partial charge in [0.25, 0.3) is 0 Å². The first-order valence-corrected chi connectivity index (χ1v) is 10.3. The second-order valence-electron chi connectivity index (χ2n) is 8.43. The predicted octanol–water partition coefficient (Wildman–Crippen LogP) is 7.05. The van der Waals surface area contributed by atoms with Crippen LogP contribution in [0.15, 0.2) is 68.9 Å². The van der Waals surface area contributed by atoms with E-state index in [-0.39, 0.29) is 0 Å². The van der Waals surface area contributed by atoms with Gasteiger partial charge < -0.3 is 9.47 Å². The molecule has 0 amide bonds. The highest BCUT2D eigenvalue weighted by molar-refractivity contribution is 5.47. The number of allylic oxidation sites excluding steroid dienone is 4. The number of hydrogen-bond acceptors (Lipinski definition) is 2. The molecular formula is C26H34O2. The summed E-state index contributed by atoms with van der Waals surface area (Å²) in [6.45, 7) is 19.1. The number of benzene rings is 1. The van der Waals surface area contributed by atoms with E-state index in [1.165, 1.54) is 44.6 Å². The van der Waals surface area contributed by atoms with Gasteiger partial charge in [0.15, 0.2) is 0 Å². The van der Waals surface area contributed by atoms with Crippen molar-refractivity contribution in [2.45, 2.75) is 55.4 Å². The van der Waals surface area contributed by atoms with Crippen LogP contribution in [0.4, 0.5) is 0 Å². The van der Waals surface area contributed by atoms with Crippen LogP contribution in [-0.2, 0) is 0 Å². The Kier molecular flexibility index (Phi) is 5.88. The Balaban J connectivity index is 1.63. The minimum atomic E-state index is 0.384. The summed E-state index contributed by atoms with van der Waals surface area (Å²) in [6.07, 6.45) is 0. The van der Waals surface area contributed by atoms with Crippen LogP contribution in [0.3, 0.4) is 0 Å². The van der Waals surface area contributed by atoms with Crippen LogP contribution in [0.2, 0.25) is 0 Å². The molecule has 28 heavy (non-hydrogen) atoms. The van der Waals surface area contributed by atoms with Crippen molar-refractivity contribution in [3.63, 3.8) is 0 Å². The number of ether oxygens (including phenoxy) is 2. The van der Waals surface area contributed by atoms with Gasteiger partial charge in [-0.25, -0.2) is 0 Å². The maximum Gasteiger partial charge on any atom is 0.123 e. The van der Waals surface area contributed by atoms with Gasteiger partial charge in [-0.3, -0.25) is 0 Å². The Labute approximate surface area is 170 Å². The van der Waals surface area contributed by atoms with E-state index < -0.39 is 0 Å². The molecule has 2 aliphatic carbocycles. The van der Waals surface area contributed by atoms with Gasteiger partial charge in [-0.15, -0.1) is 0 Å². The topological polar surface area (TPSA) is 18.5 Å². The average Bonchev–Trinajstić information content (AvgIpc) is 2.99. The molecule has 0 aromatic heterocycles. The molecule has 1 aromatic carbocycles. The van der Waals surface area contributed by atoms with Crippen LogP contribution in [-0.4, -0.2) is 13.2 Å².